The van der Waals surface area contributed by atoms with Gasteiger partial charge in [-0.25, -0.2) is 0 Å². The van der Waals surface area contributed by atoms with Gasteiger partial charge in [0.05, 0.1) is 18.3 Å². The fourth-order valence-corrected chi connectivity index (χ4v) is 7.07. The molecule has 0 bridgehead atoms. The monoisotopic (exact) mass is 504 g/mol. The fraction of sp³-hybridized carbons (Fsp3) is 0.727. The second-order valence-corrected chi connectivity index (χ2v) is 11.2. The number of methoxy groups -OCH3 is 1. The molecule has 0 aliphatic carbocycles. The van der Waals surface area contributed by atoms with Gasteiger partial charge in [0.15, 0.2) is 11.5 Å². The summed E-state index contributed by atoms with van der Waals surface area (Å²) < 4.78 is 12.2. The molecule has 0 radical (unpaired) electrons. The van der Waals surface area contributed by atoms with Crippen molar-refractivity contribution in [2.75, 3.05) is 42.8 Å². The second-order valence-electron chi connectivity index (χ2n) is 7.26. The van der Waals surface area contributed by atoms with Gasteiger partial charge in [0.2, 0.25) is 0 Å². The van der Waals surface area contributed by atoms with E-state index < -0.39 is 0 Å². The molecular weight excluding hydrogens is 468 g/mol. The van der Waals surface area contributed by atoms with Crippen molar-refractivity contribution in [2.24, 2.45) is 0 Å². The number of nitrogens with zero attached hydrogens (tertiary/aromatic N) is 1. The molecule has 0 aromatic heterocycles. The van der Waals surface area contributed by atoms with E-state index >= 15 is 0 Å². The Morgan fingerprint density at radius 1 is 1.17 bits per heavy atom. The molecule has 1 aliphatic rings. The molecule has 1 fully saturated rings. The Morgan fingerprint density at radius 2 is 1.93 bits per heavy atom. The summed E-state index contributed by atoms with van der Waals surface area (Å²) in [6, 6.07) is 4.64. The van der Waals surface area contributed by atoms with Crippen molar-refractivity contribution in [3.05, 3.63) is 17.7 Å². The minimum absolute atomic E-state index is 0.612. The first kappa shape index (κ1) is 25.0. The summed E-state index contributed by atoms with van der Waals surface area (Å²) in [6.07, 6.45) is 5.91. The van der Waals surface area contributed by atoms with Crippen LogP contribution in [-0.4, -0.2) is 52.6 Å². The lowest BCUT2D eigenvalue weighted by Gasteiger charge is -2.31. The third-order valence-electron chi connectivity index (χ3n) is 5.22. The van der Waals surface area contributed by atoms with E-state index in [1.165, 1.54) is 30.8 Å². The van der Waals surface area contributed by atoms with Crippen LogP contribution in [0, 0.1) is 0 Å². The molecule has 1 atom stereocenters. The lowest BCUT2D eigenvalue weighted by molar-refractivity contribution is 0.257. The summed E-state index contributed by atoms with van der Waals surface area (Å²) in [6.45, 7) is 7.23. The smallest absolute Gasteiger partial charge is 0.163 e. The van der Waals surface area contributed by atoms with E-state index in [0.29, 0.717) is 17.2 Å². The summed E-state index contributed by atoms with van der Waals surface area (Å²) in [5, 5.41) is 1.05. The molecule has 29 heavy (non-hydrogen) atoms. The van der Waals surface area contributed by atoms with Gasteiger partial charge in [0.25, 0.3) is 0 Å². The van der Waals surface area contributed by atoms with Crippen LogP contribution in [0.15, 0.2) is 12.1 Å². The molecule has 0 unspecified atom stereocenters. The van der Waals surface area contributed by atoms with Crippen molar-refractivity contribution in [2.45, 2.75) is 63.1 Å². The minimum Gasteiger partial charge on any atom is -0.493 e. The standard InChI is InChI=1S/C22H37BrN2O2S2/c1-4-28-22(29-5-2)19-10-9-12-25(19)16-17-14-20(26-3)21(15-18(17)24)27-13-8-6-7-11-23/h14-15,19,22H,4-13,16,24H2,1-3H3/t19-/m0/s1. The van der Waals surface area contributed by atoms with E-state index in [1.807, 2.05) is 6.07 Å². The predicted molar refractivity (Wildman–Crippen MR) is 134 cm³/mol. The zero-order valence-corrected chi connectivity index (χ0v) is 21.3. The van der Waals surface area contributed by atoms with Gasteiger partial charge in [-0.1, -0.05) is 29.8 Å². The highest BCUT2D eigenvalue weighted by atomic mass is 79.9. The van der Waals surface area contributed by atoms with Crippen molar-refractivity contribution in [1.82, 2.24) is 4.90 Å². The molecule has 0 saturated carbocycles. The maximum atomic E-state index is 6.44. The summed E-state index contributed by atoms with van der Waals surface area (Å²) >= 11 is 7.64. The number of nitrogen functional groups attached to an aromatic ring is 1. The van der Waals surface area contributed by atoms with Crippen LogP contribution in [0.2, 0.25) is 0 Å². The third kappa shape index (κ3) is 7.75. The number of alkyl halides is 1. The number of unbranched alkanes of at least 4 members (excludes halogenated alkanes) is 2. The Kier molecular flexibility index (Phi) is 12.0. The molecule has 7 heteroatoms. The zero-order chi connectivity index (χ0) is 21.1. The summed E-state index contributed by atoms with van der Waals surface area (Å²) in [4.78, 5) is 2.61. The van der Waals surface area contributed by atoms with Crippen LogP contribution in [0.1, 0.15) is 51.5 Å². The van der Waals surface area contributed by atoms with Crippen LogP contribution in [0.25, 0.3) is 0 Å². The van der Waals surface area contributed by atoms with E-state index in [1.54, 1.807) is 7.11 Å². The average molecular weight is 506 g/mol. The van der Waals surface area contributed by atoms with Gasteiger partial charge in [-0.05, 0) is 61.8 Å². The van der Waals surface area contributed by atoms with Crippen molar-refractivity contribution in [1.29, 1.82) is 0 Å². The van der Waals surface area contributed by atoms with E-state index in [4.69, 9.17) is 15.2 Å². The molecule has 0 amide bonds. The third-order valence-corrected chi connectivity index (χ3v) is 8.55. The first-order valence-electron chi connectivity index (χ1n) is 10.8. The molecule has 2 rings (SSSR count). The number of hydrogen-bond acceptors (Lipinski definition) is 6. The number of benzene rings is 1. The molecule has 1 aromatic carbocycles. The average Bonchev–Trinajstić information content (AvgIpc) is 3.17. The van der Waals surface area contributed by atoms with E-state index in [2.05, 4.69) is 64.3 Å². The molecular formula is C22H37BrN2O2S2. The van der Waals surface area contributed by atoms with Crippen molar-refractivity contribution in [3.8, 4) is 11.5 Å². The Labute approximate surface area is 194 Å². The maximum Gasteiger partial charge on any atom is 0.163 e. The van der Waals surface area contributed by atoms with Gasteiger partial charge in [0.1, 0.15) is 0 Å². The normalized spacial score (nSPS) is 17.2. The SMILES string of the molecule is CCSC(SCC)[C@@H]1CCCN1Cc1cc(OC)c(OCCCCCBr)cc1N. The number of nitrogens with two attached hydrogens (primary N) is 1. The van der Waals surface area contributed by atoms with Crippen LogP contribution in [-0.2, 0) is 6.54 Å². The Hall–Kier alpha value is -0.240. The van der Waals surface area contributed by atoms with Crippen molar-refractivity contribution in [3.63, 3.8) is 0 Å². The maximum absolute atomic E-state index is 6.44. The topological polar surface area (TPSA) is 47.7 Å². The lowest BCUT2D eigenvalue weighted by Crippen LogP contribution is -2.36. The van der Waals surface area contributed by atoms with Crippen LogP contribution in [0.5, 0.6) is 11.5 Å². The van der Waals surface area contributed by atoms with Gasteiger partial charge in [-0.3, -0.25) is 4.90 Å². The first-order valence-corrected chi connectivity index (χ1v) is 14.0. The second kappa shape index (κ2) is 13.9. The highest BCUT2D eigenvalue weighted by molar-refractivity contribution is 9.09. The number of ether oxygens (including phenoxy) is 2. The molecule has 1 heterocycles. The van der Waals surface area contributed by atoms with Gasteiger partial charge >= 0.3 is 0 Å². The van der Waals surface area contributed by atoms with Gasteiger partial charge in [-0.15, -0.1) is 23.5 Å². The van der Waals surface area contributed by atoms with Gasteiger partial charge < -0.3 is 15.2 Å². The number of halogens is 1. The molecule has 2 N–H and O–H groups in total. The Bertz CT molecular complexity index is 600. The molecule has 0 spiro atoms. The van der Waals surface area contributed by atoms with Crippen LogP contribution >= 0.6 is 39.5 Å². The van der Waals surface area contributed by atoms with Crippen LogP contribution < -0.4 is 15.2 Å². The number of hydrogen-bond donors (Lipinski definition) is 1. The van der Waals surface area contributed by atoms with Gasteiger partial charge in [-0.2, -0.15) is 0 Å². The van der Waals surface area contributed by atoms with E-state index in [-0.39, 0.29) is 0 Å². The largest absolute Gasteiger partial charge is 0.493 e. The van der Waals surface area contributed by atoms with Crippen molar-refractivity contribution < 1.29 is 9.47 Å². The first-order chi connectivity index (χ1) is 14.1. The van der Waals surface area contributed by atoms with E-state index in [9.17, 15) is 0 Å². The Morgan fingerprint density at radius 3 is 2.59 bits per heavy atom. The summed E-state index contributed by atoms with van der Waals surface area (Å²) in [7, 11) is 1.71. The molecule has 4 nitrogen and oxygen atoms in total. The number of anilines is 1. The Balaban J connectivity index is 2.05. The summed E-state index contributed by atoms with van der Waals surface area (Å²) in [5.74, 6) is 3.87. The van der Waals surface area contributed by atoms with E-state index in [0.717, 1.165) is 54.0 Å². The fourth-order valence-electron chi connectivity index (χ4n) is 3.76. The van der Waals surface area contributed by atoms with Crippen LogP contribution in [0.3, 0.4) is 0 Å². The molecule has 166 valence electrons. The summed E-state index contributed by atoms with van der Waals surface area (Å²) in [5.41, 5.74) is 8.38. The van der Waals surface area contributed by atoms with Crippen LogP contribution in [0.4, 0.5) is 5.69 Å². The number of rotatable bonds is 14. The van der Waals surface area contributed by atoms with Gasteiger partial charge in [0, 0.05) is 29.7 Å². The highest BCUT2D eigenvalue weighted by Crippen LogP contribution is 2.38. The number of thioether (sulfide) groups is 2. The zero-order valence-electron chi connectivity index (χ0n) is 18.1. The lowest BCUT2D eigenvalue weighted by atomic mass is 10.1. The quantitative estimate of drug-likeness (QED) is 0.144. The number of likely N-dealkylation sites (tertiary alicyclic amines) is 1. The molecule has 1 aromatic rings. The molecule has 1 aliphatic heterocycles. The molecule has 1 saturated heterocycles. The highest BCUT2D eigenvalue weighted by Gasteiger charge is 2.32. The minimum atomic E-state index is 0.612. The van der Waals surface area contributed by atoms with Crippen molar-refractivity contribution >= 4 is 45.1 Å². The predicted octanol–water partition coefficient (Wildman–Crippen LogP) is 6.02.